The predicted octanol–water partition coefficient (Wildman–Crippen LogP) is 2.97. The zero-order valence-electron chi connectivity index (χ0n) is 15.3. The summed E-state index contributed by atoms with van der Waals surface area (Å²) in [5.74, 6) is -0.901. The Balaban J connectivity index is 1.77. The third-order valence-corrected chi connectivity index (χ3v) is 4.36. The molecule has 0 unspecified atom stereocenters. The predicted molar refractivity (Wildman–Crippen MR) is 101 cm³/mol. The van der Waals surface area contributed by atoms with Crippen LogP contribution < -0.4 is 0 Å². The molecule has 2 aromatic rings. The molecule has 6 heteroatoms. The minimum atomic E-state index is -0.503. The first-order valence-electron chi connectivity index (χ1n) is 8.76. The van der Waals surface area contributed by atoms with Crippen molar-refractivity contribution in [2.45, 2.75) is 13.3 Å². The largest absolute Gasteiger partial charge is 0.468 e. The average molecular weight is 378 g/mol. The van der Waals surface area contributed by atoms with Gasteiger partial charge in [-0.1, -0.05) is 30.3 Å². The fourth-order valence-electron chi connectivity index (χ4n) is 2.98. The molecule has 0 aromatic heterocycles. The molecule has 0 radical (unpaired) electrons. The lowest BCUT2D eigenvalue weighted by atomic mass is 9.83. The van der Waals surface area contributed by atoms with Gasteiger partial charge in [-0.15, -0.1) is 0 Å². The van der Waals surface area contributed by atoms with Gasteiger partial charge in [0.2, 0.25) is 0 Å². The van der Waals surface area contributed by atoms with Gasteiger partial charge in [-0.05, 0) is 30.7 Å². The summed E-state index contributed by atoms with van der Waals surface area (Å²) in [6, 6.07) is 11.6. The van der Waals surface area contributed by atoms with E-state index in [-0.39, 0.29) is 24.8 Å². The Kier molecular flexibility index (Phi) is 5.79. The molecule has 0 amide bonds. The van der Waals surface area contributed by atoms with Crippen LogP contribution in [-0.2, 0) is 19.1 Å². The lowest BCUT2D eigenvalue weighted by Crippen LogP contribution is -2.20. The van der Waals surface area contributed by atoms with E-state index in [1.165, 1.54) is 0 Å². The minimum absolute atomic E-state index is 0.131. The molecule has 0 spiro atoms. The Morgan fingerprint density at radius 2 is 1.57 bits per heavy atom. The number of hydrogen-bond acceptors (Lipinski definition) is 6. The first kappa shape index (κ1) is 19.2. The third-order valence-electron chi connectivity index (χ3n) is 4.36. The van der Waals surface area contributed by atoms with Gasteiger partial charge in [-0.3, -0.25) is 14.4 Å². The van der Waals surface area contributed by atoms with Crippen molar-refractivity contribution in [1.29, 1.82) is 0 Å². The van der Waals surface area contributed by atoms with E-state index >= 15 is 0 Å². The Labute approximate surface area is 161 Å². The molecule has 0 saturated carbocycles. The second-order valence-corrected chi connectivity index (χ2v) is 6.29. The fraction of sp³-hybridized carbons (Fsp3) is 0.182. The van der Waals surface area contributed by atoms with E-state index in [1.54, 1.807) is 55.5 Å². The van der Waals surface area contributed by atoms with Crippen molar-refractivity contribution in [3.63, 3.8) is 0 Å². The summed E-state index contributed by atoms with van der Waals surface area (Å²) in [6.07, 6.45) is 2.01. The van der Waals surface area contributed by atoms with Gasteiger partial charge in [0, 0.05) is 34.2 Å². The number of fused-ring (bicyclic) bond motifs is 2. The number of esters is 1. The molecule has 0 aliphatic heterocycles. The van der Waals surface area contributed by atoms with Crippen LogP contribution in [0, 0.1) is 0 Å². The summed E-state index contributed by atoms with van der Waals surface area (Å²) in [7, 11) is 0. The summed E-state index contributed by atoms with van der Waals surface area (Å²) in [5, 5.41) is 0. The maximum absolute atomic E-state index is 12.8. The van der Waals surface area contributed by atoms with Crippen LogP contribution in [0.5, 0.6) is 0 Å². The molecular formula is C22H18O6. The zero-order chi connectivity index (χ0) is 20.1. The molecule has 1 aliphatic rings. The van der Waals surface area contributed by atoms with Gasteiger partial charge < -0.3 is 9.47 Å². The number of ketones is 2. The lowest BCUT2D eigenvalue weighted by Gasteiger charge is -2.17. The molecule has 0 saturated heterocycles. The highest BCUT2D eigenvalue weighted by Crippen LogP contribution is 2.28. The Morgan fingerprint density at radius 1 is 0.929 bits per heavy atom. The van der Waals surface area contributed by atoms with Crippen LogP contribution in [0.25, 0.3) is 6.08 Å². The molecule has 0 fully saturated rings. The molecule has 142 valence electrons. The van der Waals surface area contributed by atoms with Crippen LogP contribution in [0.15, 0.2) is 48.0 Å². The molecule has 28 heavy (non-hydrogen) atoms. The fourth-order valence-corrected chi connectivity index (χ4v) is 2.98. The molecular weight excluding hydrogens is 360 g/mol. The van der Waals surface area contributed by atoms with Crippen molar-refractivity contribution < 1.29 is 28.7 Å². The summed E-state index contributed by atoms with van der Waals surface area (Å²) < 4.78 is 9.62. The van der Waals surface area contributed by atoms with Gasteiger partial charge in [-0.2, -0.15) is 0 Å². The number of carbonyl (C=O) groups excluding carboxylic acids is 4. The van der Waals surface area contributed by atoms with Gasteiger partial charge >= 0.3 is 5.97 Å². The van der Waals surface area contributed by atoms with E-state index < -0.39 is 5.97 Å². The van der Waals surface area contributed by atoms with E-state index in [9.17, 15) is 19.2 Å². The molecule has 3 rings (SSSR count). The van der Waals surface area contributed by atoms with Gasteiger partial charge in [0.25, 0.3) is 6.47 Å². The van der Waals surface area contributed by atoms with Crippen LogP contribution in [-0.4, -0.2) is 37.2 Å². The van der Waals surface area contributed by atoms with E-state index in [4.69, 9.17) is 4.74 Å². The molecule has 0 bridgehead atoms. The average Bonchev–Trinajstić information content (AvgIpc) is 2.71. The Morgan fingerprint density at radius 3 is 2.25 bits per heavy atom. The van der Waals surface area contributed by atoms with Crippen molar-refractivity contribution in [2.24, 2.45) is 0 Å². The SMILES string of the molecule is CC(=Cc1ccc2c(c1)C(=O)c1ccccc1C2=O)C(=O)OCCCOC=O. The zero-order valence-corrected chi connectivity index (χ0v) is 15.3. The number of hydrogen-bond donors (Lipinski definition) is 0. The minimum Gasteiger partial charge on any atom is -0.468 e. The van der Waals surface area contributed by atoms with Crippen LogP contribution in [0.4, 0.5) is 0 Å². The van der Waals surface area contributed by atoms with Gasteiger partial charge in [-0.25, -0.2) is 4.79 Å². The highest BCUT2D eigenvalue weighted by molar-refractivity contribution is 6.28. The first-order valence-corrected chi connectivity index (χ1v) is 8.76. The topological polar surface area (TPSA) is 86.7 Å². The normalized spacial score (nSPS) is 12.8. The second kappa shape index (κ2) is 8.43. The van der Waals surface area contributed by atoms with Crippen molar-refractivity contribution >= 4 is 30.1 Å². The quantitative estimate of drug-likeness (QED) is 0.272. The molecule has 0 N–H and O–H groups in total. The van der Waals surface area contributed by atoms with Crippen molar-refractivity contribution in [1.82, 2.24) is 0 Å². The highest BCUT2D eigenvalue weighted by atomic mass is 16.5. The summed E-state index contributed by atoms with van der Waals surface area (Å²) in [6.45, 7) is 2.26. The van der Waals surface area contributed by atoms with Crippen LogP contribution in [0.1, 0.15) is 50.8 Å². The smallest absolute Gasteiger partial charge is 0.333 e. The van der Waals surface area contributed by atoms with Gasteiger partial charge in [0.05, 0.1) is 13.2 Å². The standard InChI is InChI=1S/C22H18O6/c1-14(22(26)28-10-4-9-27-13-23)11-15-7-8-18-19(12-15)21(25)17-6-3-2-5-16(17)20(18)24/h2-3,5-8,11-13H,4,9-10H2,1H3. The Bertz CT molecular complexity index is 986. The van der Waals surface area contributed by atoms with Crippen molar-refractivity contribution in [3.05, 3.63) is 75.9 Å². The second-order valence-electron chi connectivity index (χ2n) is 6.29. The maximum atomic E-state index is 12.8. The maximum Gasteiger partial charge on any atom is 0.333 e. The molecule has 1 aliphatic carbocycles. The number of ether oxygens (including phenoxy) is 2. The molecule has 2 aromatic carbocycles. The summed E-state index contributed by atoms with van der Waals surface area (Å²) >= 11 is 0. The van der Waals surface area contributed by atoms with Crippen molar-refractivity contribution in [3.8, 4) is 0 Å². The summed E-state index contributed by atoms with van der Waals surface area (Å²) in [4.78, 5) is 47.4. The van der Waals surface area contributed by atoms with Gasteiger partial charge in [0.1, 0.15) is 0 Å². The van der Waals surface area contributed by atoms with E-state index in [0.717, 1.165) is 0 Å². The lowest BCUT2D eigenvalue weighted by molar-refractivity contribution is -0.139. The van der Waals surface area contributed by atoms with E-state index in [2.05, 4.69) is 4.74 Å². The van der Waals surface area contributed by atoms with E-state index in [0.29, 0.717) is 46.3 Å². The highest BCUT2D eigenvalue weighted by Gasteiger charge is 2.29. The number of benzene rings is 2. The monoisotopic (exact) mass is 378 g/mol. The van der Waals surface area contributed by atoms with Crippen LogP contribution in [0.3, 0.4) is 0 Å². The van der Waals surface area contributed by atoms with E-state index in [1.807, 2.05) is 0 Å². The molecule has 0 atom stereocenters. The Hall–Kier alpha value is -3.54. The number of rotatable bonds is 7. The van der Waals surface area contributed by atoms with Crippen LogP contribution >= 0.6 is 0 Å². The number of carbonyl (C=O) groups is 4. The van der Waals surface area contributed by atoms with Crippen molar-refractivity contribution in [2.75, 3.05) is 13.2 Å². The van der Waals surface area contributed by atoms with Gasteiger partial charge in [0.15, 0.2) is 11.6 Å². The molecule has 0 heterocycles. The third kappa shape index (κ3) is 3.91. The first-order chi connectivity index (χ1) is 13.5. The van der Waals surface area contributed by atoms with Crippen LogP contribution in [0.2, 0.25) is 0 Å². The summed E-state index contributed by atoms with van der Waals surface area (Å²) in [5.41, 5.74) is 2.45. The molecule has 6 nitrogen and oxygen atoms in total.